The molecule has 1 N–H and O–H groups in total. The number of fused-ring (bicyclic) bond motifs is 1. The summed E-state index contributed by atoms with van der Waals surface area (Å²) in [5.74, 6) is 0. The number of nitrogens with one attached hydrogen (secondary N) is 1. The van der Waals surface area contributed by atoms with Crippen LogP contribution in [0.2, 0.25) is 5.02 Å². The third kappa shape index (κ3) is 1.84. The van der Waals surface area contributed by atoms with Crippen molar-refractivity contribution < 1.29 is 0 Å². The quantitative estimate of drug-likeness (QED) is 0.785. The number of benzene rings is 1. The number of rotatable bonds is 1. The number of nitrogens with zero attached hydrogens (tertiary/aromatic N) is 1. The van der Waals surface area contributed by atoms with Crippen molar-refractivity contribution in [2.24, 2.45) is 0 Å². The Morgan fingerprint density at radius 2 is 2.20 bits per heavy atom. The fraction of sp³-hybridized carbons (Fsp3) is 0.500. The molecule has 1 aliphatic carbocycles. The van der Waals surface area contributed by atoms with E-state index in [4.69, 9.17) is 11.6 Å². The lowest BCUT2D eigenvalue weighted by Crippen LogP contribution is -2.30. The topological polar surface area (TPSA) is 15.3 Å². The summed E-state index contributed by atoms with van der Waals surface area (Å²) in [6, 6.07) is 7.04. The van der Waals surface area contributed by atoms with Crippen molar-refractivity contribution in [2.45, 2.75) is 25.4 Å². The van der Waals surface area contributed by atoms with Crippen LogP contribution in [0.3, 0.4) is 0 Å². The van der Waals surface area contributed by atoms with Crippen molar-refractivity contribution >= 4 is 17.3 Å². The van der Waals surface area contributed by atoms with Gasteiger partial charge in [-0.3, -0.25) is 0 Å². The van der Waals surface area contributed by atoms with Gasteiger partial charge in [0.2, 0.25) is 0 Å². The van der Waals surface area contributed by atoms with Crippen molar-refractivity contribution in [3.8, 4) is 0 Å². The van der Waals surface area contributed by atoms with Gasteiger partial charge in [0.15, 0.2) is 0 Å². The molecule has 0 saturated heterocycles. The zero-order valence-electron chi connectivity index (χ0n) is 8.67. The monoisotopic (exact) mass is 222 g/mol. The van der Waals surface area contributed by atoms with Gasteiger partial charge in [-0.2, -0.15) is 0 Å². The van der Waals surface area contributed by atoms with Gasteiger partial charge in [-0.05, 0) is 36.6 Å². The second-order valence-corrected chi connectivity index (χ2v) is 4.81. The van der Waals surface area contributed by atoms with E-state index in [1.54, 1.807) is 0 Å². The van der Waals surface area contributed by atoms with E-state index in [1.807, 2.05) is 6.07 Å². The molecule has 1 saturated carbocycles. The lowest BCUT2D eigenvalue weighted by atomic mass is 10.1. The highest BCUT2D eigenvalue weighted by Crippen LogP contribution is 2.35. The largest absolute Gasteiger partial charge is 0.367 e. The average Bonchev–Trinajstić information content (AvgIpc) is 3.01. The average molecular weight is 223 g/mol. The standard InChI is InChI=1S/C12H15ClN2/c13-10-1-4-12-9(7-10)8-14-5-6-15(12)11-2-3-11/h1,4,7,11,14H,2-3,5-6,8H2. The Balaban J connectivity index is 2.00. The van der Waals surface area contributed by atoms with E-state index < -0.39 is 0 Å². The molecule has 0 amide bonds. The molecule has 80 valence electrons. The molecule has 1 heterocycles. The maximum absolute atomic E-state index is 6.03. The molecule has 15 heavy (non-hydrogen) atoms. The van der Waals surface area contributed by atoms with Crippen molar-refractivity contribution in [2.75, 3.05) is 18.0 Å². The van der Waals surface area contributed by atoms with Crippen molar-refractivity contribution in [3.63, 3.8) is 0 Å². The Bertz CT molecular complexity index is 374. The van der Waals surface area contributed by atoms with Crippen LogP contribution in [0.5, 0.6) is 0 Å². The van der Waals surface area contributed by atoms with Crippen LogP contribution in [-0.4, -0.2) is 19.1 Å². The van der Waals surface area contributed by atoms with Gasteiger partial charge in [0.25, 0.3) is 0 Å². The summed E-state index contributed by atoms with van der Waals surface area (Å²) in [7, 11) is 0. The molecule has 0 bridgehead atoms. The van der Waals surface area contributed by atoms with Crippen LogP contribution < -0.4 is 10.2 Å². The van der Waals surface area contributed by atoms with Gasteiger partial charge in [0, 0.05) is 36.4 Å². The van der Waals surface area contributed by atoms with Crippen molar-refractivity contribution in [1.82, 2.24) is 5.32 Å². The van der Waals surface area contributed by atoms with E-state index in [9.17, 15) is 0 Å². The Morgan fingerprint density at radius 1 is 1.33 bits per heavy atom. The van der Waals surface area contributed by atoms with Gasteiger partial charge in [0.1, 0.15) is 0 Å². The zero-order valence-corrected chi connectivity index (χ0v) is 9.43. The predicted octanol–water partition coefficient (Wildman–Crippen LogP) is 2.41. The predicted molar refractivity (Wildman–Crippen MR) is 63.5 cm³/mol. The molecule has 1 aromatic carbocycles. The Hall–Kier alpha value is -0.730. The fourth-order valence-corrected chi connectivity index (χ4v) is 2.48. The molecular formula is C12H15ClN2. The SMILES string of the molecule is Clc1ccc2c(c1)CNCCN2C1CC1. The van der Waals surface area contributed by atoms with Crippen LogP contribution in [-0.2, 0) is 6.54 Å². The molecule has 0 unspecified atom stereocenters. The summed E-state index contributed by atoms with van der Waals surface area (Å²) in [4.78, 5) is 2.53. The van der Waals surface area contributed by atoms with Gasteiger partial charge in [-0.25, -0.2) is 0 Å². The van der Waals surface area contributed by atoms with Gasteiger partial charge in [-0.1, -0.05) is 11.6 Å². The summed E-state index contributed by atoms with van der Waals surface area (Å²) in [6.07, 6.45) is 2.70. The molecule has 0 radical (unpaired) electrons. The van der Waals surface area contributed by atoms with E-state index in [-0.39, 0.29) is 0 Å². The fourth-order valence-electron chi connectivity index (χ4n) is 2.28. The first kappa shape index (κ1) is 9.49. The second-order valence-electron chi connectivity index (χ2n) is 4.37. The van der Waals surface area contributed by atoms with Gasteiger partial charge >= 0.3 is 0 Å². The highest BCUT2D eigenvalue weighted by molar-refractivity contribution is 6.30. The Labute approximate surface area is 95.2 Å². The summed E-state index contributed by atoms with van der Waals surface area (Å²) < 4.78 is 0. The number of hydrogen-bond donors (Lipinski definition) is 1. The summed E-state index contributed by atoms with van der Waals surface area (Å²) in [5.41, 5.74) is 2.72. The minimum atomic E-state index is 0.782. The van der Waals surface area contributed by atoms with Crippen LogP contribution in [0.15, 0.2) is 18.2 Å². The van der Waals surface area contributed by atoms with Gasteiger partial charge in [0.05, 0.1) is 0 Å². The number of halogens is 1. The zero-order chi connectivity index (χ0) is 10.3. The lowest BCUT2D eigenvalue weighted by Gasteiger charge is -2.24. The van der Waals surface area contributed by atoms with Gasteiger partial charge < -0.3 is 10.2 Å². The molecule has 1 aliphatic heterocycles. The molecule has 0 atom stereocenters. The van der Waals surface area contributed by atoms with Crippen molar-refractivity contribution in [1.29, 1.82) is 0 Å². The summed E-state index contributed by atoms with van der Waals surface area (Å²) in [5, 5.41) is 4.28. The first-order chi connectivity index (χ1) is 7.34. The molecule has 3 rings (SSSR count). The third-order valence-corrected chi connectivity index (χ3v) is 3.42. The normalized spacial score (nSPS) is 21.0. The lowest BCUT2D eigenvalue weighted by molar-refractivity contribution is 0.687. The van der Waals surface area contributed by atoms with Crippen LogP contribution in [0, 0.1) is 0 Å². The van der Waals surface area contributed by atoms with Crippen LogP contribution in [0.4, 0.5) is 5.69 Å². The molecule has 1 aromatic rings. The Morgan fingerprint density at radius 3 is 3.00 bits per heavy atom. The molecule has 3 heteroatoms. The highest BCUT2D eigenvalue weighted by Gasteiger charge is 2.30. The maximum atomic E-state index is 6.03. The smallest absolute Gasteiger partial charge is 0.0415 e. The first-order valence-corrected chi connectivity index (χ1v) is 5.98. The molecule has 0 aromatic heterocycles. The Kier molecular flexibility index (Phi) is 2.33. The third-order valence-electron chi connectivity index (χ3n) is 3.18. The van der Waals surface area contributed by atoms with E-state index in [1.165, 1.54) is 24.1 Å². The van der Waals surface area contributed by atoms with Crippen LogP contribution >= 0.6 is 11.6 Å². The van der Waals surface area contributed by atoms with E-state index in [2.05, 4.69) is 22.3 Å². The van der Waals surface area contributed by atoms with Gasteiger partial charge in [-0.15, -0.1) is 0 Å². The van der Waals surface area contributed by atoms with E-state index in [0.29, 0.717) is 0 Å². The minimum Gasteiger partial charge on any atom is -0.367 e. The molecular weight excluding hydrogens is 208 g/mol. The van der Waals surface area contributed by atoms with Crippen LogP contribution in [0.25, 0.3) is 0 Å². The molecule has 0 spiro atoms. The van der Waals surface area contributed by atoms with Crippen molar-refractivity contribution in [3.05, 3.63) is 28.8 Å². The number of hydrogen-bond acceptors (Lipinski definition) is 2. The minimum absolute atomic E-state index is 0.782. The summed E-state index contributed by atoms with van der Waals surface area (Å²) in [6.45, 7) is 3.14. The molecule has 2 nitrogen and oxygen atoms in total. The van der Waals surface area contributed by atoms with Crippen LogP contribution in [0.1, 0.15) is 18.4 Å². The second kappa shape index (κ2) is 3.69. The summed E-state index contributed by atoms with van der Waals surface area (Å²) >= 11 is 6.03. The highest BCUT2D eigenvalue weighted by atomic mass is 35.5. The maximum Gasteiger partial charge on any atom is 0.0415 e. The number of anilines is 1. The van der Waals surface area contributed by atoms with E-state index >= 15 is 0 Å². The first-order valence-electron chi connectivity index (χ1n) is 5.60. The molecule has 2 aliphatic rings. The molecule has 1 fully saturated rings. The van der Waals surface area contributed by atoms with E-state index in [0.717, 1.165) is 30.7 Å².